The van der Waals surface area contributed by atoms with Crippen LogP contribution in [0.4, 0.5) is 0 Å². The first-order chi connectivity index (χ1) is 9.26. The van der Waals surface area contributed by atoms with Gasteiger partial charge in [-0.1, -0.05) is 26.7 Å². The maximum atomic E-state index is 5.49. The van der Waals surface area contributed by atoms with Crippen LogP contribution in [0.3, 0.4) is 0 Å². The standard InChI is InChI=1S/C16H26N2O/c1-4-18-16(13-7-5-6-12(2)10-13)14-8-9-17-11-15(14)19-3/h8-9,11-13,16,18H,4-7,10H2,1-3H3. The summed E-state index contributed by atoms with van der Waals surface area (Å²) in [5.41, 5.74) is 1.26. The molecule has 1 N–H and O–H groups in total. The van der Waals surface area contributed by atoms with E-state index in [0.717, 1.165) is 18.2 Å². The SMILES string of the molecule is CCNC(c1ccncc1OC)C1CCCC(C)C1. The van der Waals surface area contributed by atoms with Crippen molar-refractivity contribution in [2.75, 3.05) is 13.7 Å². The van der Waals surface area contributed by atoms with Crippen LogP contribution in [0.25, 0.3) is 0 Å². The highest BCUT2D eigenvalue weighted by Gasteiger charge is 2.29. The van der Waals surface area contributed by atoms with Crippen molar-refractivity contribution in [3.63, 3.8) is 0 Å². The zero-order chi connectivity index (χ0) is 13.7. The number of ether oxygens (including phenoxy) is 1. The van der Waals surface area contributed by atoms with E-state index in [-0.39, 0.29) is 0 Å². The topological polar surface area (TPSA) is 34.2 Å². The maximum absolute atomic E-state index is 5.49. The number of pyridine rings is 1. The van der Waals surface area contributed by atoms with Gasteiger partial charge in [0.25, 0.3) is 0 Å². The number of hydrogen-bond acceptors (Lipinski definition) is 3. The number of nitrogens with one attached hydrogen (secondary N) is 1. The fourth-order valence-electron chi connectivity index (χ4n) is 3.35. The quantitative estimate of drug-likeness (QED) is 0.881. The van der Waals surface area contributed by atoms with Crippen molar-refractivity contribution in [3.05, 3.63) is 24.0 Å². The molecule has 1 aliphatic rings. The van der Waals surface area contributed by atoms with E-state index in [1.807, 2.05) is 12.4 Å². The first-order valence-electron chi connectivity index (χ1n) is 7.47. The third kappa shape index (κ3) is 3.47. The van der Waals surface area contributed by atoms with Crippen LogP contribution in [-0.4, -0.2) is 18.6 Å². The molecule has 0 amide bonds. The van der Waals surface area contributed by atoms with Crippen LogP contribution in [0.1, 0.15) is 51.1 Å². The number of rotatable bonds is 5. The third-order valence-electron chi connectivity index (χ3n) is 4.24. The minimum absolute atomic E-state index is 0.394. The lowest BCUT2D eigenvalue weighted by molar-refractivity contribution is 0.222. The molecule has 0 aromatic carbocycles. The van der Waals surface area contributed by atoms with Crippen LogP contribution in [0.2, 0.25) is 0 Å². The molecule has 0 radical (unpaired) electrons. The van der Waals surface area contributed by atoms with Gasteiger partial charge in [0.05, 0.1) is 13.3 Å². The first kappa shape index (κ1) is 14.3. The fourth-order valence-corrected chi connectivity index (χ4v) is 3.35. The van der Waals surface area contributed by atoms with E-state index in [1.54, 1.807) is 7.11 Å². The molecule has 1 heterocycles. The van der Waals surface area contributed by atoms with E-state index in [0.29, 0.717) is 12.0 Å². The molecule has 0 saturated heterocycles. The Morgan fingerprint density at radius 1 is 1.47 bits per heavy atom. The van der Waals surface area contributed by atoms with Crippen LogP contribution in [0.5, 0.6) is 5.75 Å². The molecule has 1 aromatic rings. The van der Waals surface area contributed by atoms with E-state index < -0.39 is 0 Å². The lowest BCUT2D eigenvalue weighted by Gasteiger charge is -2.34. The lowest BCUT2D eigenvalue weighted by atomic mass is 9.76. The van der Waals surface area contributed by atoms with Crippen molar-refractivity contribution in [2.45, 2.75) is 45.6 Å². The van der Waals surface area contributed by atoms with Gasteiger partial charge in [0.15, 0.2) is 0 Å². The van der Waals surface area contributed by atoms with Gasteiger partial charge >= 0.3 is 0 Å². The van der Waals surface area contributed by atoms with E-state index in [1.165, 1.54) is 31.2 Å². The van der Waals surface area contributed by atoms with Crippen molar-refractivity contribution in [1.82, 2.24) is 10.3 Å². The molecule has 1 aromatic heterocycles. The molecule has 0 aliphatic heterocycles. The Hall–Kier alpha value is -1.09. The van der Waals surface area contributed by atoms with Crippen molar-refractivity contribution in [1.29, 1.82) is 0 Å². The van der Waals surface area contributed by atoms with Gasteiger partial charge < -0.3 is 10.1 Å². The highest BCUT2D eigenvalue weighted by molar-refractivity contribution is 5.33. The Bertz CT molecular complexity index is 394. The Balaban J connectivity index is 2.23. The van der Waals surface area contributed by atoms with Crippen molar-refractivity contribution < 1.29 is 4.74 Å². The molecular formula is C16H26N2O. The second kappa shape index (κ2) is 6.90. The van der Waals surface area contributed by atoms with E-state index >= 15 is 0 Å². The zero-order valence-corrected chi connectivity index (χ0v) is 12.4. The molecule has 3 heteroatoms. The Morgan fingerprint density at radius 2 is 2.32 bits per heavy atom. The molecule has 3 atom stereocenters. The molecule has 0 bridgehead atoms. The highest BCUT2D eigenvalue weighted by Crippen LogP contribution is 2.39. The molecule has 3 nitrogen and oxygen atoms in total. The van der Waals surface area contributed by atoms with Gasteiger partial charge in [-0.3, -0.25) is 4.98 Å². The van der Waals surface area contributed by atoms with Crippen molar-refractivity contribution in [3.8, 4) is 5.75 Å². The summed E-state index contributed by atoms with van der Waals surface area (Å²) in [5, 5.41) is 3.66. The molecule has 1 saturated carbocycles. The summed E-state index contributed by atoms with van der Waals surface area (Å²) in [7, 11) is 1.73. The minimum Gasteiger partial charge on any atom is -0.495 e. The average Bonchev–Trinajstić information content (AvgIpc) is 2.45. The predicted molar refractivity (Wildman–Crippen MR) is 78.3 cm³/mol. The van der Waals surface area contributed by atoms with Gasteiger partial charge in [0.1, 0.15) is 5.75 Å². The second-order valence-electron chi connectivity index (χ2n) is 5.68. The molecule has 1 fully saturated rings. The molecule has 3 unspecified atom stereocenters. The average molecular weight is 262 g/mol. The van der Waals surface area contributed by atoms with Gasteiger partial charge in [0, 0.05) is 17.8 Å². The molecule has 1 aliphatic carbocycles. The molecule has 19 heavy (non-hydrogen) atoms. The molecule has 0 spiro atoms. The maximum Gasteiger partial charge on any atom is 0.141 e. The van der Waals surface area contributed by atoms with Gasteiger partial charge in [-0.05, 0) is 37.3 Å². The van der Waals surface area contributed by atoms with Gasteiger partial charge in [0.2, 0.25) is 0 Å². The molecule has 106 valence electrons. The van der Waals surface area contributed by atoms with Gasteiger partial charge in [-0.15, -0.1) is 0 Å². The van der Waals surface area contributed by atoms with Crippen LogP contribution in [0, 0.1) is 11.8 Å². The summed E-state index contributed by atoms with van der Waals surface area (Å²) < 4.78 is 5.49. The number of nitrogens with zero attached hydrogens (tertiary/aromatic N) is 1. The Kier molecular flexibility index (Phi) is 5.20. The third-order valence-corrected chi connectivity index (χ3v) is 4.24. The summed E-state index contributed by atoms with van der Waals surface area (Å²) >= 11 is 0. The van der Waals surface area contributed by atoms with Crippen LogP contribution in [0.15, 0.2) is 18.5 Å². The van der Waals surface area contributed by atoms with Crippen molar-refractivity contribution >= 4 is 0 Å². The number of hydrogen-bond donors (Lipinski definition) is 1. The first-order valence-corrected chi connectivity index (χ1v) is 7.47. The summed E-state index contributed by atoms with van der Waals surface area (Å²) in [5.74, 6) is 2.46. The largest absolute Gasteiger partial charge is 0.495 e. The predicted octanol–water partition coefficient (Wildman–Crippen LogP) is 3.57. The fraction of sp³-hybridized carbons (Fsp3) is 0.688. The van der Waals surface area contributed by atoms with Crippen LogP contribution < -0.4 is 10.1 Å². The summed E-state index contributed by atoms with van der Waals surface area (Å²) in [6, 6.07) is 2.50. The molecule has 2 rings (SSSR count). The minimum atomic E-state index is 0.394. The summed E-state index contributed by atoms with van der Waals surface area (Å²) in [4.78, 5) is 4.17. The monoisotopic (exact) mass is 262 g/mol. The van der Waals surface area contributed by atoms with Crippen molar-refractivity contribution in [2.24, 2.45) is 11.8 Å². The highest BCUT2D eigenvalue weighted by atomic mass is 16.5. The van der Waals surface area contributed by atoms with Crippen LogP contribution in [-0.2, 0) is 0 Å². The van der Waals surface area contributed by atoms with E-state index in [9.17, 15) is 0 Å². The van der Waals surface area contributed by atoms with E-state index in [4.69, 9.17) is 4.74 Å². The van der Waals surface area contributed by atoms with Crippen LogP contribution >= 0.6 is 0 Å². The van der Waals surface area contributed by atoms with Gasteiger partial charge in [-0.2, -0.15) is 0 Å². The van der Waals surface area contributed by atoms with Gasteiger partial charge in [-0.25, -0.2) is 0 Å². The number of methoxy groups -OCH3 is 1. The summed E-state index contributed by atoms with van der Waals surface area (Å²) in [6.45, 7) is 5.53. The normalized spacial score (nSPS) is 25.0. The second-order valence-corrected chi connectivity index (χ2v) is 5.68. The number of aromatic nitrogens is 1. The van der Waals surface area contributed by atoms with E-state index in [2.05, 4.69) is 30.2 Å². The molecular weight excluding hydrogens is 236 g/mol. The lowest BCUT2D eigenvalue weighted by Crippen LogP contribution is -2.31. The Morgan fingerprint density at radius 3 is 3.00 bits per heavy atom. The summed E-state index contributed by atoms with van der Waals surface area (Å²) in [6.07, 6.45) is 9.04. The zero-order valence-electron chi connectivity index (χ0n) is 12.4. The Labute approximate surface area is 116 Å². The smallest absolute Gasteiger partial charge is 0.141 e.